The number of aromatic amines is 1. The predicted octanol–water partition coefficient (Wildman–Crippen LogP) is 4.42. The summed E-state index contributed by atoms with van der Waals surface area (Å²) in [6, 6.07) is 8.30. The molecule has 8 heteroatoms. The zero-order valence-electron chi connectivity index (χ0n) is 17.0. The van der Waals surface area contributed by atoms with Crippen LogP contribution in [-0.4, -0.2) is 47.0 Å². The SMILES string of the molecule is O=C(c1ccc2[nH]c3c(c2c1)CCCC3)N1CCN(c2ccc(C(F)(F)F)cn2)CC1. The van der Waals surface area contributed by atoms with Crippen LogP contribution in [0.2, 0.25) is 0 Å². The maximum Gasteiger partial charge on any atom is 0.417 e. The molecule has 1 aliphatic heterocycles. The molecule has 3 heterocycles. The molecule has 1 aromatic carbocycles. The fourth-order valence-electron chi connectivity index (χ4n) is 4.60. The summed E-state index contributed by atoms with van der Waals surface area (Å²) in [6.07, 6.45) is 0.955. The summed E-state index contributed by atoms with van der Waals surface area (Å²) in [5.74, 6) is 0.494. The number of alkyl halides is 3. The lowest BCUT2D eigenvalue weighted by atomic mass is 9.95. The Kier molecular flexibility index (Phi) is 4.87. The average molecular weight is 428 g/mol. The summed E-state index contributed by atoms with van der Waals surface area (Å²) in [6.45, 7) is 2.08. The van der Waals surface area contributed by atoms with E-state index in [4.69, 9.17) is 0 Å². The second kappa shape index (κ2) is 7.59. The van der Waals surface area contributed by atoms with Crippen molar-refractivity contribution in [2.75, 3.05) is 31.1 Å². The van der Waals surface area contributed by atoms with E-state index in [1.54, 1.807) is 4.90 Å². The maximum absolute atomic E-state index is 13.1. The van der Waals surface area contributed by atoms with Crippen LogP contribution in [0.15, 0.2) is 36.5 Å². The van der Waals surface area contributed by atoms with Gasteiger partial charge in [0, 0.05) is 54.5 Å². The maximum atomic E-state index is 13.1. The van der Waals surface area contributed by atoms with Crippen LogP contribution in [0.1, 0.15) is 40.0 Å². The van der Waals surface area contributed by atoms with Gasteiger partial charge in [-0.3, -0.25) is 4.79 Å². The van der Waals surface area contributed by atoms with Crippen LogP contribution >= 0.6 is 0 Å². The molecule has 31 heavy (non-hydrogen) atoms. The fraction of sp³-hybridized carbons (Fsp3) is 0.391. The van der Waals surface area contributed by atoms with E-state index in [1.807, 2.05) is 23.1 Å². The summed E-state index contributed by atoms with van der Waals surface area (Å²) in [5.41, 5.74) is 3.65. The number of amides is 1. The first-order chi connectivity index (χ1) is 14.9. The molecule has 5 nitrogen and oxygen atoms in total. The Morgan fingerprint density at radius 1 is 1.00 bits per heavy atom. The zero-order valence-corrected chi connectivity index (χ0v) is 17.0. The van der Waals surface area contributed by atoms with E-state index in [0.717, 1.165) is 36.0 Å². The Bertz CT molecular complexity index is 1110. The minimum Gasteiger partial charge on any atom is -0.358 e. The number of hydrogen-bond donors (Lipinski definition) is 1. The topological polar surface area (TPSA) is 52.2 Å². The molecule has 3 aromatic rings. The number of hydrogen-bond acceptors (Lipinski definition) is 3. The Balaban J connectivity index is 1.28. The fourth-order valence-corrected chi connectivity index (χ4v) is 4.60. The van der Waals surface area contributed by atoms with Gasteiger partial charge in [-0.15, -0.1) is 0 Å². The molecule has 1 aliphatic carbocycles. The number of aromatic nitrogens is 2. The van der Waals surface area contributed by atoms with Crippen LogP contribution in [0.25, 0.3) is 10.9 Å². The Hall–Kier alpha value is -3.03. The Morgan fingerprint density at radius 3 is 2.48 bits per heavy atom. The average Bonchev–Trinajstić information content (AvgIpc) is 3.16. The van der Waals surface area contributed by atoms with E-state index in [-0.39, 0.29) is 5.91 Å². The number of benzene rings is 1. The van der Waals surface area contributed by atoms with Gasteiger partial charge in [0.2, 0.25) is 0 Å². The summed E-state index contributed by atoms with van der Waals surface area (Å²) < 4.78 is 38.2. The number of pyridine rings is 1. The first-order valence-corrected chi connectivity index (χ1v) is 10.6. The predicted molar refractivity (Wildman–Crippen MR) is 112 cm³/mol. The number of H-pyrrole nitrogens is 1. The second-order valence-corrected chi connectivity index (χ2v) is 8.23. The number of nitrogens with one attached hydrogen (secondary N) is 1. The van der Waals surface area contributed by atoms with Gasteiger partial charge in [-0.1, -0.05) is 0 Å². The van der Waals surface area contributed by atoms with Crippen LogP contribution in [0, 0.1) is 0 Å². The van der Waals surface area contributed by atoms with E-state index in [1.165, 1.54) is 30.2 Å². The third-order valence-electron chi connectivity index (χ3n) is 6.31. The minimum atomic E-state index is -4.39. The molecule has 1 amide bonds. The second-order valence-electron chi connectivity index (χ2n) is 8.23. The van der Waals surface area contributed by atoms with Gasteiger partial charge in [-0.05, 0) is 61.6 Å². The summed E-state index contributed by atoms with van der Waals surface area (Å²) >= 11 is 0. The van der Waals surface area contributed by atoms with Crippen molar-refractivity contribution >= 4 is 22.6 Å². The van der Waals surface area contributed by atoms with Crippen LogP contribution in [0.5, 0.6) is 0 Å². The Labute approximate surface area is 177 Å². The molecular weight excluding hydrogens is 405 g/mol. The molecule has 5 rings (SSSR count). The lowest BCUT2D eigenvalue weighted by Crippen LogP contribution is -2.49. The largest absolute Gasteiger partial charge is 0.417 e. The normalized spacial score (nSPS) is 17.1. The van der Waals surface area contributed by atoms with Crippen LogP contribution in [0.3, 0.4) is 0 Å². The molecule has 2 aliphatic rings. The number of piperazine rings is 1. The smallest absolute Gasteiger partial charge is 0.358 e. The highest BCUT2D eigenvalue weighted by Crippen LogP contribution is 2.31. The van der Waals surface area contributed by atoms with Gasteiger partial charge >= 0.3 is 6.18 Å². The standard InChI is InChI=1S/C23H23F3N4O/c24-23(25,26)16-6-8-21(27-14-16)29-9-11-30(12-10-29)22(31)15-5-7-20-18(13-15)17-3-1-2-4-19(17)28-20/h5-8,13-14,28H,1-4,9-12H2. The highest BCUT2D eigenvalue weighted by molar-refractivity contribution is 5.99. The molecule has 2 aromatic heterocycles. The third kappa shape index (κ3) is 3.75. The summed E-state index contributed by atoms with van der Waals surface area (Å²) in [7, 11) is 0. The molecule has 0 atom stereocenters. The van der Waals surface area contributed by atoms with E-state index in [2.05, 4.69) is 9.97 Å². The van der Waals surface area contributed by atoms with Crippen molar-refractivity contribution in [3.05, 3.63) is 58.9 Å². The first kappa shape index (κ1) is 19.9. The number of rotatable bonds is 2. The van der Waals surface area contributed by atoms with E-state index in [0.29, 0.717) is 37.6 Å². The summed E-state index contributed by atoms with van der Waals surface area (Å²) in [5, 5.41) is 1.15. The molecule has 162 valence electrons. The molecule has 0 bridgehead atoms. The van der Waals surface area contributed by atoms with Crippen LogP contribution < -0.4 is 4.90 Å². The zero-order chi connectivity index (χ0) is 21.6. The summed E-state index contributed by atoms with van der Waals surface area (Å²) in [4.78, 5) is 24.3. The number of carbonyl (C=O) groups is 1. The minimum absolute atomic E-state index is 0.00677. The lowest BCUT2D eigenvalue weighted by molar-refractivity contribution is -0.137. The van der Waals surface area contributed by atoms with Gasteiger partial charge in [-0.2, -0.15) is 13.2 Å². The van der Waals surface area contributed by atoms with Crippen LogP contribution in [0.4, 0.5) is 19.0 Å². The molecule has 0 unspecified atom stereocenters. The van der Waals surface area contributed by atoms with Crippen molar-refractivity contribution in [3.8, 4) is 0 Å². The van der Waals surface area contributed by atoms with Gasteiger partial charge in [0.15, 0.2) is 0 Å². The molecule has 1 fully saturated rings. The van der Waals surface area contributed by atoms with Crippen molar-refractivity contribution in [3.63, 3.8) is 0 Å². The highest BCUT2D eigenvalue weighted by atomic mass is 19.4. The number of fused-ring (bicyclic) bond motifs is 3. The number of nitrogens with zero attached hydrogens (tertiary/aromatic N) is 3. The van der Waals surface area contributed by atoms with Crippen molar-refractivity contribution < 1.29 is 18.0 Å². The lowest BCUT2D eigenvalue weighted by Gasteiger charge is -2.35. The van der Waals surface area contributed by atoms with Gasteiger partial charge in [0.05, 0.1) is 5.56 Å². The van der Waals surface area contributed by atoms with Crippen molar-refractivity contribution in [1.82, 2.24) is 14.9 Å². The number of anilines is 1. The number of carbonyl (C=O) groups excluding carboxylic acids is 1. The quantitative estimate of drug-likeness (QED) is 0.657. The molecule has 1 saturated heterocycles. The van der Waals surface area contributed by atoms with Gasteiger partial charge in [0.1, 0.15) is 5.82 Å². The monoisotopic (exact) mass is 428 g/mol. The van der Waals surface area contributed by atoms with E-state index < -0.39 is 11.7 Å². The molecule has 1 N–H and O–H groups in total. The van der Waals surface area contributed by atoms with Crippen molar-refractivity contribution in [1.29, 1.82) is 0 Å². The molecular formula is C23H23F3N4O. The van der Waals surface area contributed by atoms with E-state index >= 15 is 0 Å². The van der Waals surface area contributed by atoms with Gasteiger partial charge in [-0.25, -0.2) is 4.98 Å². The number of aryl methyl sites for hydroxylation is 2. The van der Waals surface area contributed by atoms with Gasteiger partial charge in [0.25, 0.3) is 5.91 Å². The van der Waals surface area contributed by atoms with Crippen molar-refractivity contribution in [2.24, 2.45) is 0 Å². The molecule has 0 spiro atoms. The van der Waals surface area contributed by atoms with E-state index in [9.17, 15) is 18.0 Å². The third-order valence-corrected chi connectivity index (χ3v) is 6.31. The highest BCUT2D eigenvalue weighted by Gasteiger charge is 2.31. The van der Waals surface area contributed by atoms with Gasteiger partial charge < -0.3 is 14.8 Å². The Morgan fingerprint density at radius 2 is 1.77 bits per heavy atom. The van der Waals surface area contributed by atoms with Crippen molar-refractivity contribution in [2.45, 2.75) is 31.9 Å². The van der Waals surface area contributed by atoms with Crippen LogP contribution in [-0.2, 0) is 19.0 Å². The molecule has 0 saturated carbocycles. The first-order valence-electron chi connectivity index (χ1n) is 10.6. The number of halogens is 3. The molecule has 0 radical (unpaired) electrons.